The number of benzene rings is 2. The van der Waals surface area contributed by atoms with Crippen LogP contribution in [0.5, 0.6) is 0 Å². The van der Waals surface area contributed by atoms with E-state index in [1.807, 2.05) is 0 Å². The molecule has 5 amide bonds. The lowest BCUT2D eigenvalue weighted by Gasteiger charge is -2.24. The van der Waals surface area contributed by atoms with E-state index >= 15 is 0 Å². The van der Waals surface area contributed by atoms with Gasteiger partial charge in [0.15, 0.2) is 29.8 Å². The first-order valence-corrected chi connectivity index (χ1v) is 25.7. The lowest BCUT2D eigenvalue weighted by molar-refractivity contribution is -0.131. The Labute approximate surface area is 466 Å². The van der Waals surface area contributed by atoms with Crippen molar-refractivity contribution in [1.82, 2.24) is 16.0 Å². The van der Waals surface area contributed by atoms with Crippen LogP contribution >= 0.6 is 0 Å². The third-order valence-electron chi connectivity index (χ3n) is 11.8. The van der Waals surface area contributed by atoms with E-state index in [2.05, 4.69) is 51.5 Å². The van der Waals surface area contributed by atoms with Crippen LogP contribution in [0.4, 0.5) is 11.4 Å². The van der Waals surface area contributed by atoms with Crippen molar-refractivity contribution in [3.8, 4) is 0 Å². The molecule has 0 bridgehead atoms. The van der Waals surface area contributed by atoms with E-state index in [0.717, 1.165) is 16.5 Å². The number of hydrogen-bond donors (Lipinski definition) is 17. The fourth-order valence-corrected chi connectivity index (χ4v) is 7.71. The Bertz CT molecular complexity index is 3050. The van der Waals surface area contributed by atoms with Crippen LogP contribution in [0.15, 0.2) is 91.9 Å². The fourth-order valence-electron chi connectivity index (χ4n) is 7.71. The van der Waals surface area contributed by atoms with Gasteiger partial charge in [-0.2, -0.15) is 0 Å². The molecule has 0 aliphatic carbocycles. The number of nitrogens with two attached hydrogens (primary N) is 12. The van der Waals surface area contributed by atoms with Gasteiger partial charge in [-0.05, 0) is 113 Å². The highest BCUT2D eigenvalue weighted by atomic mass is 16.4. The number of nitrogens with zero attached hydrogens (tertiary/aromatic N) is 5. The number of nitrogens with one attached hydrogen (secondary N) is 5. The maximum Gasteiger partial charge on any atom is 0.336 e. The number of guanidine groups is 5. The molecule has 2 heterocycles. The van der Waals surface area contributed by atoms with Crippen molar-refractivity contribution in [3.63, 3.8) is 0 Å². The second kappa shape index (κ2) is 33.7. The van der Waals surface area contributed by atoms with E-state index in [-0.39, 0.29) is 87.2 Å². The summed E-state index contributed by atoms with van der Waals surface area (Å²) in [5.41, 5.74) is 67.3. The summed E-state index contributed by atoms with van der Waals surface area (Å²) in [6.45, 7) is 4.87. The van der Waals surface area contributed by atoms with Gasteiger partial charge in [-0.3, -0.25) is 48.9 Å². The number of amides is 5. The monoisotopic (exact) mass is 1130 g/mol. The summed E-state index contributed by atoms with van der Waals surface area (Å²) in [4.78, 5) is 108. The summed E-state index contributed by atoms with van der Waals surface area (Å²) in [7, 11) is 0. The van der Waals surface area contributed by atoms with E-state index in [4.69, 9.17) is 77.6 Å². The van der Waals surface area contributed by atoms with Crippen LogP contribution in [0.3, 0.4) is 0 Å². The SMILES string of the molecule is Cc1cc(=O)oc2cc(NC(=O)[C@H](CCCN=C(N)N)NC(=O)[C@@H](N)CCCN=C(N)N)ccc12.Cc1cc(=O)oc2cc(NC(=O)[C@H](CCCN=C(N)N)NC(=O)[C@H](CCCN=C(N)N)NC(=O)[C@@H](N)CCCN=C(N)N)ccc12. The predicted octanol–water partition coefficient (Wildman–Crippen LogP) is -3.54. The average molecular weight is 1130 g/mol. The zero-order chi connectivity index (χ0) is 60.2. The molecule has 0 aliphatic heterocycles. The van der Waals surface area contributed by atoms with E-state index in [1.165, 1.54) is 18.2 Å². The summed E-state index contributed by atoms with van der Waals surface area (Å²) in [6, 6.07) is 7.76. The Balaban J connectivity index is 0.000000441. The third-order valence-corrected chi connectivity index (χ3v) is 11.8. The van der Waals surface area contributed by atoms with Gasteiger partial charge in [-0.25, -0.2) is 9.59 Å². The normalized spacial score (nSPS) is 12.5. The topological polar surface area (TPSA) is 580 Å². The summed E-state index contributed by atoms with van der Waals surface area (Å²) < 4.78 is 10.5. The van der Waals surface area contributed by atoms with Crippen molar-refractivity contribution in [2.45, 2.75) is 108 Å². The smallest absolute Gasteiger partial charge is 0.336 e. The van der Waals surface area contributed by atoms with Crippen LogP contribution in [0.25, 0.3) is 21.9 Å². The molecule has 0 fully saturated rings. The molecular weight excluding hydrogens is 1050 g/mol. The third kappa shape index (κ3) is 24.8. The Morgan fingerprint density at radius 3 is 1.01 bits per heavy atom. The highest BCUT2D eigenvalue weighted by Crippen LogP contribution is 2.23. The largest absolute Gasteiger partial charge is 0.423 e. The molecule has 31 heteroatoms. The number of hydrogen-bond acceptors (Lipinski definition) is 16. The van der Waals surface area contributed by atoms with Crippen molar-refractivity contribution in [3.05, 3.63) is 80.5 Å². The molecular formula is C50H78N22O9. The minimum absolute atomic E-state index is 0.0383. The summed E-state index contributed by atoms with van der Waals surface area (Å²) in [6.07, 6.45) is 3.16. The number of fused-ring (bicyclic) bond motifs is 2. The van der Waals surface area contributed by atoms with E-state index in [0.29, 0.717) is 67.4 Å². The summed E-state index contributed by atoms with van der Waals surface area (Å²) in [5.74, 6) is -3.13. The maximum absolute atomic E-state index is 13.5. The standard InChI is InChI=1S/C28H45N13O5.C22H33N9O4/c1-15-13-22(42)46-21-14-16(8-9-17(15)21)39-24(44)19(6-3-11-37-27(32)33)41-25(45)20(7-4-12-38-28(34)35)40-23(43)18(29)5-2-10-36-26(30)31;1-12-10-18(32)35-17-11-13(6-7-14(12)17)30-20(34)16(5-3-9-29-22(26)27)31-19(33)15(23)4-2-8-28-21(24)25/h8-9,13-14,18-20H,2-7,10-12,29H2,1H3,(H,39,44)(H,40,43)(H,41,45)(H4,30,31,36)(H4,32,33,37)(H4,34,35,38);6-7,10-11,15-16H,2-5,8-9,23H2,1H3,(H,30,34)(H,31,33)(H4,24,25,28)(H4,26,27,29)/t18-,19-,20-;15-,16-/m00/s1. The number of carbonyl (C=O) groups is 5. The minimum Gasteiger partial charge on any atom is -0.423 e. The van der Waals surface area contributed by atoms with Crippen molar-refractivity contribution >= 4 is 92.6 Å². The van der Waals surface area contributed by atoms with Gasteiger partial charge < -0.3 is 104 Å². The molecule has 4 aromatic rings. The number of rotatable bonds is 30. The molecule has 0 saturated heterocycles. The number of anilines is 2. The van der Waals surface area contributed by atoms with Crippen molar-refractivity contribution < 1.29 is 32.8 Å². The molecule has 0 saturated carbocycles. The lowest BCUT2D eigenvalue weighted by atomic mass is 10.1. The number of aliphatic imine (C=N–C) groups is 5. The van der Waals surface area contributed by atoms with Gasteiger partial charge in [0.2, 0.25) is 29.5 Å². The zero-order valence-corrected chi connectivity index (χ0v) is 45.5. The molecule has 0 spiro atoms. The first-order valence-electron chi connectivity index (χ1n) is 25.7. The molecule has 5 atom stereocenters. The Hall–Kier alpha value is -9.52. The van der Waals surface area contributed by atoms with Gasteiger partial charge in [0, 0.05) is 79.1 Å². The van der Waals surface area contributed by atoms with Crippen LogP contribution in [-0.4, -0.2) is 122 Å². The predicted molar refractivity (Wildman–Crippen MR) is 313 cm³/mol. The van der Waals surface area contributed by atoms with Crippen LogP contribution in [0, 0.1) is 13.8 Å². The van der Waals surface area contributed by atoms with Crippen LogP contribution in [0.2, 0.25) is 0 Å². The second-order valence-corrected chi connectivity index (χ2v) is 18.5. The van der Waals surface area contributed by atoms with Gasteiger partial charge >= 0.3 is 11.3 Å². The van der Waals surface area contributed by atoms with Gasteiger partial charge in [0.1, 0.15) is 29.3 Å². The van der Waals surface area contributed by atoms with Crippen molar-refractivity contribution in [2.24, 2.45) is 93.8 Å². The quantitative estimate of drug-likeness (QED) is 0.0104. The highest BCUT2D eigenvalue weighted by Gasteiger charge is 2.29. The first kappa shape index (κ1) is 65.8. The zero-order valence-electron chi connectivity index (χ0n) is 45.5. The molecule has 442 valence electrons. The van der Waals surface area contributed by atoms with Crippen LogP contribution in [-0.2, 0) is 24.0 Å². The molecule has 0 radical (unpaired) electrons. The Kier molecular flexibility index (Phi) is 27.4. The average Bonchev–Trinajstić information content (AvgIpc) is 3.44. The van der Waals surface area contributed by atoms with Gasteiger partial charge in [0.05, 0.1) is 12.1 Å². The van der Waals surface area contributed by atoms with E-state index < -0.39 is 71.0 Å². The van der Waals surface area contributed by atoms with E-state index in [1.54, 1.807) is 44.2 Å². The summed E-state index contributed by atoms with van der Waals surface area (Å²) in [5, 5.41) is 15.0. The van der Waals surface area contributed by atoms with Gasteiger partial charge in [-0.1, -0.05) is 0 Å². The van der Waals surface area contributed by atoms with E-state index in [9.17, 15) is 33.6 Å². The molecule has 0 aliphatic rings. The molecule has 31 nitrogen and oxygen atoms in total. The van der Waals surface area contributed by atoms with Crippen LogP contribution < -0.4 is 107 Å². The molecule has 4 rings (SSSR count). The second-order valence-electron chi connectivity index (χ2n) is 18.5. The fraction of sp³-hybridized carbons (Fsp3) is 0.440. The lowest BCUT2D eigenvalue weighted by Crippen LogP contribution is -2.55. The first-order chi connectivity index (χ1) is 38.3. The Morgan fingerprint density at radius 1 is 0.420 bits per heavy atom. The van der Waals surface area contributed by atoms with Crippen molar-refractivity contribution in [1.29, 1.82) is 0 Å². The minimum atomic E-state index is -1.07. The molecule has 2 aromatic heterocycles. The maximum atomic E-state index is 13.5. The molecule has 81 heavy (non-hydrogen) atoms. The molecule has 29 N–H and O–H groups in total. The van der Waals surface area contributed by atoms with Gasteiger partial charge in [0.25, 0.3) is 0 Å². The van der Waals surface area contributed by atoms with Crippen LogP contribution in [0.1, 0.15) is 75.3 Å². The summed E-state index contributed by atoms with van der Waals surface area (Å²) >= 11 is 0. The Morgan fingerprint density at radius 2 is 0.704 bits per heavy atom. The molecule has 2 aromatic carbocycles. The number of aryl methyl sites for hydroxylation is 2. The van der Waals surface area contributed by atoms with Crippen molar-refractivity contribution in [2.75, 3.05) is 43.4 Å². The highest BCUT2D eigenvalue weighted by molar-refractivity contribution is 6.01. The number of carbonyl (C=O) groups excluding carboxylic acids is 5. The molecule has 0 unspecified atom stereocenters. The van der Waals surface area contributed by atoms with Gasteiger partial charge in [-0.15, -0.1) is 0 Å².